The van der Waals surface area contributed by atoms with Crippen molar-refractivity contribution in [2.75, 3.05) is 26.2 Å². The van der Waals surface area contributed by atoms with Gasteiger partial charge in [-0.3, -0.25) is 9.59 Å². The lowest BCUT2D eigenvalue weighted by molar-refractivity contribution is -0.133. The molecule has 0 unspecified atom stereocenters. The van der Waals surface area contributed by atoms with Crippen LogP contribution in [-0.4, -0.2) is 53.8 Å². The van der Waals surface area contributed by atoms with Crippen LogP contribution in [0.1, 0.15) is 21.5 Å². The number of piperazine rings is 1. The average Bonchev–Trinajstić information content (AvgIpc) is 2.84. The predicted molar refractivity (Wildman–Crippen MR) is 75.2 cm³/mol. The van der Waals surface area contributed by atoms with E-state index >= 15 is 0 Å². The summed E-state index contributed by atoms with van der Waals surface area (Å²) in [6.07, 6.45) is 0. The highest BCUT2D eigenvalue weighted by atomic mass is 32.1. The molecule has 2 heterocycles. The van der Waals surface area contributed by atoms with Crippen molar-refractivity contribution in [3.05, 3.63) is 21.9 Å². The molecule has 1 aliphatic heterocycles. The monoisotopic (exact) mass is 281 g/mol. The van der Waals surface area contributed by atoms with Crippen LogP contribution in [0.15, 0.2) is 12.1 Å². The van der Waals surface area contributed by atoms with Crippen molar-refractivity contribution in [1.29, 1.82) is 0 Å². The van der Waals surface area contributed by atoms with E-state index in [9.17, 15) is 9.59 Å². The third-order valence-electron chi connectivity index (χ3n) is 3.22. The molecule has 6 heteroatoms. The molecule has 1 aromatic heterocycles. The highest BCUT2D eigenvalue weighted by Gasteiger charge is 2.26. The number of nitrogens with zero attached hydrogens (tertiary/aromatic N) is 2. The summed E-state index contributed by atoms with van der Waals surface area (Å²) in [5.74, 6) is 0.0186. The minimum absolute atomic E-state index is 0.0425. The molecule has 0 radical (unpaired) electrons. The first-order valence-corrected chi connectivity index (χ1v) is 7.21. The maximum atomic E-state index is 12.2. The lowest BCUT2D eigenvalue weighted by atomic mass is 10.2. The zero-order valence-corrected chi connectivity index (χ0v) is 12.1. The Morgan fingerprint density at radius 2 is 1.79 bits per heavy atom. The zero-order chi connectivity index (χ0) is 14.0. The van der Waals surface area contributed by atoms with Crippen molar-refractivity contribution in [2.24, 2.45) is 5.73 Å². The standard InChI is InChI=1S/C13H19N3O2S/c1-9-3-4-11(19-9)13(18)16-7-5-15(6-8-16)12(17)10(2)14/h3-4,10H,5-8,14H2,1-2H3/t10-/m1/s1. The van der Waals surface area contributed by atoms with E-state index in [1.54, 1.807) is 16.7 Å². The van der Waals surface area contributed by atoms with Crippen LogP contribution in [-0.2, 0) is 4.79 Å². The van der Waals surface area contributed by atoms with Gasteiger partial charge in [0.1, 0.15) is 0 Å². The van der Waals surface area contributed by atoms with E-state index in [4.69, 9.17) is 5.73 Å². The van der Waals surface area contributed by atoms with Crippen LogP contribution in [0, 0.1) is 6.92 Å². The maximum Gasteiger partial charge on any atom is 0.264 e. The number of hydrogen-bond acceptors (Lipinski definition) is 4. The van der Waals surface area contributed by atoms with E-state index in [0.717, 1.165) is 9.75 Å². The van der Waals surface area contributed by atoms with Crippen LogP contribution >= 0.6 is 11.3 Å². The zero-order valence-electron chi connectivity index (χ0n) is 11.3. The summed E-state index contributed by atoms with van der Waals surface area (Å²) in [5, 5.41) is 0. The maximum absolute atomic E-state index is 12.2. The van der Waals surface area contributed by atoms with Crippen LogP contribution in [0.2, 0.25) is 0 Å². The first kappa shape index (κ1) is 14.0. The van der Waals surface area contributed by atoms with Crippen molar-refractivity contribution < 1.29 is 9.59 Å². The Morgan fingerprint density at radius 1 is 1.21 bits per heavy atom. The predicted octanol–water partition coefficient (Wildman–Crippen LogP) is 0.688. The van der Waals surface area contributed by atoms with Gasteiger partial charge in [-0.2, -0.15) is 0 Å². The van der Waals surface area contributed by atoms with E-state index in [0.29, 0.717) is 26.2 Å². The second-order valence-corrected chi connectivity index (χ2v) is 6.10. The lowest BCUT2D eigenvalue weighted by Gasteiger charge is -2.35. The van der Waals surface area contributed by atoms with Crippen LogP contribution < -0.4 is 5.73 Å². The van der Waals surface area contributed by atoms with Crippen LogP contribution in [0.3, 0.4) is 0 Å². The fraction of sp³-hybridized carbons (Fsp3) is 0.538. The summed E-state index contributed by atoms with van der Waals surface area (Å²) in [7, 11) is 0. The smallest absolute Gasteiger partial charge is 0.264 e. The molecule has 2 rings (SSSR count). The minimum atomic E-state index is -0.470. The third-order valence-corrected chi connectivity index (χ3v) is 4.21. The van der Waals surface area contributed by atoms with Gasteiger partial charge >= 0.3 is 0 Å². The SMILES string of the molecule is Cc1ccc(C(=O)N2CCN(C(=O)[C@@H](C)N)CC2)s1. The molecule has 1 fully saturated rings. The molecule has 1 atom stereocenters. The number of thiophene rings is 1. The van der Waals surface area contributed by atoms with Crippen molar-refractivity contribution in [1.82, 2.24) is 9.80 Å². The molecule has 19 heavy (non-hydrogen) atoms. The van der Waals surface area contributed by atoms with E-state index < -0.39 is 6.04 Å². The summed E-state index contributed by atoms with van der Waals surface area (Å²) >= 11 is 1.51. The molecule has 0 saturated carbocycles. The number of carbonyl (C=O) groups is 2. The van der Waals surface area contributed by atoms with E-state index in [1.807, 2.05) is 19.1 Å². The fourth-order valence-corrected chi connectivity index (χ4v) is 2.96. The Bertz CT molecular complexity index is 476. The molecule has 2 N–H and O–H groups in total. The summed E-state index contributed by atoms with van der Waals surface area (Å²) < 4.78 is 0. The van der Waals surface area contributed by atoms with E-state index in [1.165, 1.54) is 11.3 Å². The Kier molecular flexibility index (Phi) is 4.21. The van der Waals surface area contributed by atoms with Crippen molar-refractivity contribution in [3.63, 3.8) is 0 Å². The van der Waals surface area contributed by atoms with Gasteiger partial charge in [0.15, 0.2) is 0 Å². The quantitative estimate of drug-likeness (QED) is 0.867. The van der Waals surface area contributed by atoms with Gasteiger partial charge in [-0.25, -0.2) is 0 Å². The van der Waals surface area contributed by atoms with E-state index in [2.05, 4.69) is 0 Å². The van der Waals surface area contributed by atoms with Crippen LogP contribution in [0.5, 0.6) is 0 Å². The van der Waals surface area contributed by atoms with Crippen molar-refractivity contribution in [2.45, 2.75) is 19.9 Å². The molecular weight excluding hydrogens is 262 g/mol. The van der Waals surface area contributed by atoms with Crippen LogP contribution in [0.25, 0.3) is 0 Å². The molecule has 1 saturated heterocycles. The summed E-state index contributed by atoms with van der Waals surface area (Å²) in [6, 6.07) is 3.34. The summed E-state index contributed by atoms with van der Waals surface area (Å²) in [4.78, 5) is 29.4. The molecular formula is C13H19N3O2S. The normalized spacial score (nSPS) is 17.4. The molecule has 0 aromatic carbocycles. The van der Waals surface area contributed by atoms with Crippen LogP contribution in [0.4, 0.5) is 0 Å². The largest absolute Gasteiger partial charge is 0.338 e. The molecule has 1 aromatic rings. The van der Waals surface area contributed by atoms with Gasteiger partial charge in [-0.1, -0.05) is 0 Å². The highest BCUT2D eigenvalue weighted by Crippen LogP contribution is 2.18. The van der Waals surface area contributed by atoms with Gasteiger partial charge in [0, 0.05) is 31.1 Å². The van der Waals surface area contributed by atoms with Gasteiger partial charge in [0.25, 0.3) is 5.91 Å². The molecule has 1 aliphatic rings. The van der Waals surface area contributed by atoms with Gasteiger partial charge < -0.3 is 15.5 Å². The number of carbonyl (C=O) groups excluding carboxylic acids is 2. The van der Waals surface area contributed by atoms with Crippen molar-refractivity contribution >= 4 is 23.2 Å². The average molecular weight is 281 g/mol. The van der Waals surface area contributed by atoms with Crippen molar-refractivity contribution in [3.8, 4) is 0 Å². The number of amides is 2. The topological polar surface area (TPSA) is 66.6 Å². The summed E-state index contributed by atoms with van der Waals surface area (Å²) in [6.45, 7) is 5.96. The molecule has 0 aliphatic carbocycles. The second-order valence-electron chi connectivity index (χ2n) is 4.82. The Hall–Kier alpha value is -1.40. The fourth-order valence-electron chi connectivity index (χ4n) is 2.12. The number of nitrogens with two attached hydrogens (primary N) is 1. The second kappa shape index (κ2) is 5.71. The lowest BCUT2D eigenvalue weighted by Crippen LogP contribution is -2.53. The van der Waals surface area contributed by atoms with E-state index in [-0.39, 0.29) is 11.8 Å². The molecule has 5 nitrogen and oxygen atoms in total. The number of aryl methyl sites for hydroxylation is 1. The molecule has 0 spiro atoms. The highest BCUT2D eigenvalue weighted by molar-refractivity contribution is 7.13. The Morgan fingerprint density at radius 3 is 2.26 bits per heavy atom. The van der Waals surface area contributed by atoms with Gasteiger partial charge in [0.05, 0.1) is 10.9 Å². The first-order chi connectivity index (χ1) is 8.99. The molecule has 104 valence electrons. The van der Waals surface area contributed by atoms with Gasteiger partial charge in [-0.05, 0) is 26.0 Å². The Balaban J connectivity index is 1.93. The molecule has 0 bridgehead atoms. The number of rotatable bonds is 2. The summed E-state index contributed by atoms with van der Waals surface area (Å²) in [5.41, 5.74) is 5.58. The van der Waals surface area contributed by atoms with Gasteiger partial charge in [-0.15, -0.1) is 11.3 Å². The van der Waals surface area contributed by atoms with Gasteiger partial charge in [0.2, 0.25) is 5.91 Å². The molecule has 2 amide bonds. The third kappa shape index (κ3) is 3.13. The number of hydrogen-bond donors (Lipinski definition) is 1. The first-order valence-electron chi connectivity index (χ1n) is 6.39. The minimum Gasteiger partial charge on any atom is -0.338 e. The Labute approximate surface area is 117 Å².